The van der Waals surface area contributed by atoms with Gasteiger partial charge in [-0.05, 0) is 85.0 Å². The van der Waals surface area contributed by atoms with Crippen molar-refractivity contribution in [1.29, 1.82) is 0 Å². The zero-order chi connectivity index (χ0) is 31.3. The summed E-state index contributed by atoms with van der Waals surface area (Å²) < 4.78 is 0. The highest BCUT2D eigenvalue weighted by Gasteiger charge is 2.25. The van der Waals surface area contributed by atoms with E-state index in [9.17, 15) is 5.11 Å². The van der Waals surface area contributed by atoms with E-state index in [0.717, 1.165) is 64.4 Å². The predicted octanol–water partition coefficient (Wildman–Crippen LogP) is 8.24. The van der Waals surface area contributed by atoms with Gasteiger partial charge in [0, 0.05) is 53.3 Å². The third kappa shape index (κ3) is 8.66. The molecule has 1 aromatic heterocycles. The summed E-state index contributed by atoms with van der Waals surface area (Å²) in [5.41, 5.74) is 3.30. The Morgan fingerprint density at radius 3 is 2.23 bits per heavy atom. The summed E-state index contributed by atoms with van der Waals surface area (Å²) >= 11 is 7.96. The number of halogens is 1. The Labute approximate surface area is 272 Å². The summed E-state index contributed by atoms with van der Waals surface area (Å²) in [6.45, 7) is 7.47. The van der Waals surface area contributed by atoms with Crippen molar-refractivity contribution >= 4 is 46.0 Å². The van der Waals surface area contributed by atoms with Crippen molar-refractivity contribution in [3.05, 3.63) is 88.9 Å². The first-order valence-electron chi connectivity index (χ1n) is 15.7. The summed E-state index contributed by atoms with van der Waals surface area (Å²) in [7, 11) is 4.05. The standard InChI is InChI=1S/C36H46ClN5OS/c1-36(2,3)25-12-10-24(11-13-25)33(43)22-30(44-29-20-14-26(37)15-21-29)23-38-27-16-18-28(19-17-27)39-35-40-32-9-7-6-8-31(32)34(41-35)42(4)5/h6-15,20-21,27-28,30,33,38,43H,16-19,22-23H2,1-5H3,(H,39,40,41). The SMILES string of the molecule is CN(C)c1nc(NC2CCC(NCC(CC(O)c3ccc(C(C)(C)C)cc3)Sc3ccc(Cl)cc3)CC2)nc2ccccc12. The van der Waals surface area contributed by atoms with E-state index in [1.807, 2.05) is 61.1 Å². The van der Waals surface area contributed by atoms with Gasteiger partial charge in [-0.25, -0.2) is 4.98 Å². The molecule has 1 heterocycles. The Hall–Kier alpha value is -2.84. The molecule has 8 heteroatoms. The lowest BCUT2D eigenvalue weighted by atomic mass is 9.86. The molecule has 3 N–H and O–H groups in total. The van der Waals surface area contributed by atoms with Crippen molar-refractivity contribution in [2.24, 2.45) is 0 Å². The molecule has 4 aromatic rings. The minimum atomic E-state index is -0.524. The average molecular weight is 632 g/mol. The van der Waals surface area contributed by atoms with E-state index < -0.39 is 6.10 Å². The molecule has 5 rings (SSSR count). The van der Waals surface area contributed by atoms with Gasteiger partial charge in [0.15, 0.2) is 0 Å². The van der Waals surface area contributed by atoms with Gasteiger partial charge in [0.05, 0.1) is 11.6 Å². The molecule has 3 aromatic carbocycles. The van der Waals surface area contributed by atoms with E-state index in [2.05, 4.69) is 73.9 Å². The molecular weight excluding hydrogens is 586 g/mol. The molecule has 2 atom stereocenters. The third-order valence-corrected chi connectivity index (χ3v) is 9.95. The van der Waals surface area contributed by atoms with Crippen LogP contribution in [-0.4, -0.2) is 53.0 Å². The van der Waals surface area contributed by atoms with Crippen molar-refractivity contribution in [3.8, 4) is 0 Å². The van der Waals surface area contributed by atoms with Gasteiger partial charge < -0.3 is 20.6 Å². The molecule has 1 aliphatic rings. The number of aliphatic hydroxyl groups is 1. The minimum Gasteiger partial charge on any atom is -0.388 e. The molecule has 6 nitrogen and oxygen atoms in total. The lowest BCUT2D eigenvalue weighted by Crippen LogP contribution is -2.40. The number of hydrogen-bond donors (Lipinski definition) is 3. The summed E-state index contributed by atoms with van der Waals surface area (Å²) in [4.78, 5) is 12.9. The van der Waals surface area contributed by atoms with Crippen molar-refractivity contribution in [1.82, 2.24) is 15.3 Å². The van der Waals surface area contributed by atoms with Gasteiger partial charge in [-0.1, -0.05) is 68.8 Å². The second-order valence-corrected chi connectivity index (χ2v) is 15.0. The summed E-state index contributed by atoms with van der Waals surface area (Å²) in [5, 5.41) is 20.7. The molecule has 234 valence electrons. The second-order valence-electron chi connectivity index (χ2n) is 13.2. The van der Waals surface area contributed by atoms with Crippen LogP contribution >= 0.6 is 23.4 Å². The van der Waals surface area contributed by atoms with Crippen LogP contribution < -0.4 is 15.5 Å². The fourth-order valence-corrected chi connectivity index (χ4v) is 7.12. The summed E-state index contributed by atoms with van der Waals surface area (Å²) in [6, 6.07) is 25.4. The molecule has 2 unspecified atom stereocenters. The van der Waals surface area contributed by atoms with Gasteiger partial charge in [0.25, 0.3) is 0 Å². The van der Waals surface area contributed by atoms with Crippen LogP contribution in [0.15, 0.2) is 77.7 Å². The van der Waals surface area contributed by atoms with E-state index in [-0.39, 0.29) is 10.7 Å². The monoisotopic (exact) mass is 631 g/mol. The van der Waals surface area contributed by atoms with Crippen LogP contribution in [0.5, 0.6) is 0 Å². The predicted molar refractivity (Wildman–Crippen MR) is 187 cm³/mol. The molecule has 0 spiro atoms. The molecule has 0 bridgehead atoms. The number of thioether (sulfide) groups is 1. The fourth-order valence-electron chi connectivity index (χ4n) is 5.86. The Morgan fingerprint density at radius 1 is 0.909 bits per heavy atom. The van der Waals surface area contributed by atoms with Gasteiger partial charge in [-0.2, -0.15) is 4.98 Å². The van der Waals surface area contributed by atoms with Gasteiger partial charge in [0.2, 0.25) is 5.95 Å². The van der Waals surface area contributed by atoms with E-state index in [0.29, 0.717) is 24.5 Å². The van der Waals surface area contributed by atoms with Gasteiger partial charge >= 0.3 is 0 Å². The number of nitrogens with one attached hydrogen (secondary N) is 2. The molecule has 0 aliphatic heterocycles. The van der Waals surface area contributed by atoms with Crippen LogP contribution in [0.4, 0.5) is 11.8 Å². The Kier molecular flexibility index (Phi) is 10.7. The zero-order valence-corrected chi connectivity index (χ0v) is 28.1. The van der Waals surface area contributed by atoms with Crippen molar-refractivity contribution in [3.63, 3.8) is 0 Å². The van der Waals surface area contributed by atoms with E-state index in [4.69, 9.17) is 21.6 Å². The Morgan fingerprint density at radius 2 is 1.57 bits per heavy atom. The Bertz CT molecular complexity index is 1500. The smallest absolute Gasteiger partial charge is 0.225 e. The normalized spacial score (nSPS) is 18.6. The number of para-hydroxylation sites is 1. The number of aromatic nitrogens is 2. The maximum absolute atomic E-state index is 11.3. The van der Waals surface area contributed by atoms with Gasteiger partial charge in [-0.3, -0.25) is 0 Å². The van der Waals surface area contributed by atoms with Crippen LogP contribution in [0.2, 0.25) is 5.02 Å². The average Bonchev–Trinajstić information content (AvgIpc) is 3.01. The Balaban J connectivity index is 1.18. The lowest BCUT2D eigenvalue weighted by molar-refractivity contribution is 0.165. The molecule has 1 fully saturated rings. The first kappa shape index (κ1) is 32.6. The summed E-state index contributed by atoms with van der Waals surface area (Å²) in [6.07, 6.45) is 4.43. The van der Waals surface area contributed by atoms with Gasteiger partial charge in [-0.15, -0.1) is 11.8 Å². The minimum absolute atomic E-state index is 0.0898. The van der Waals surface area contributed by atoms with Crippen molar-refractivity contribution in [2.45, 2.75) is 86.6 Å². The number of benzene rings is 3. The van der Waals surface area contributed by atoms with Crippen LogP contribution in [0.1, 0.15) is 70.1 Å². The first-order chi connectivity index (χ1) is 21.0. The van der Waals surface area contributed by atoms with E-state index >= 15 is 0 Å². The number of hydrogen-bond acceptors (Lipinski definition) is 7. The maximum atomic E-state index is 11.3. The number of rotatable bonds is 11. The van der Waals surface area contributed by atoms with Crippen molar-refractivity contribution in [2.75, 3.05) is 30.9 Å². The van der Waals surface area contributed by atoms with Crippen LogP contribution in [0, 0.1) is 0 Å². The largest absolute Gasteiger partial charge is 0.388 e. The summed E-state index contributed by atoms with van der Waals surface area (Å²) in [5.74, 6) is 1.64. The fraction of sp³-hybridized carbons (Fsp3) is 0.444. The number of aliphatic hydroxyl groups excluding tert-OH is 1. The zero-order valence-electron chi connectivity index (χ0n) is 26.6. The highest BCUT2D eigenvalue weighted by atomic mass is 35.5. The molecule has 44 heavy (non-hydrogen) atoms. The lowest BCUT2D eigenvalue weighted by Gasteiger charge is -2.31. The highest BCUT2D eigenvalue weighted by molar-refractivity contribution is 8.00. The van der Waals surface area contributed by atoms with Crippen LogP contribution in [0.25, 0.3) is 10.9 Å². The third-order valence-electron chi connectivity index (χ3n) is 8.47. The number of nitrogens with zero attached hydrogens (tertiary/aromatic N) is 3. The second kappa shape index (κ2) is 14.5. The molecule has 0 radical (unpaired) electrons. The van der Waals surface area contributed by atoms with Crippen LogP contribution in [-0.2, 0) is 5.41 Å². The van der Waals surface area contributed by atoms with E-state index in [1.54, 1.807) is 0 Å². The molecule has 0 saturated heterocycles. The molecule has 0 amide bonds. The van der Waals surface area contributed by atoms with Gasteiger partial charge in [0.1, 0.15) is 5.82 Å². The number of anilines is 2. The molecular formula is C36H46ClN5OS. The first-order valence-corrected chi connectivity index (χ1v) is 17.0. The maximum Gasteiger partial charge on any atom is 0.225 e. The number of fused-ring (bicyclic) bond motifs is 1. The highest BCUT2D eigenvalue weighted by Crippen LogP contribution is 2.33. The topological polar surface area (TPSA) is 73.3 Å². The molecule has 1 aliphatic carbocycles. The molecule has 1 saturated carbocycles. The van der Waals surface area contributed by atoms with E-state index in [1.165, 1.54) is 5.56 Å². The van der Waals surface area contributed by atoms with Crippen molar-refractivity contribution < 1.29 is 5.11 Å². The van der Waals surface area contributed by atoms with Crippen LogP contribution in [0.3, 0.4) is 0 Å². The quantitative estimate of drug-likeness (QED) is 0.144.